The molecular formula is C16H26F2N2O. The molecule has 3 nitrogen and oxygen atoms in total. The SMILES string of the molecule is O=C(C1CCC(F)(F)CC1)N1CCCC1C1CCCNC1. The van der Waals surface area contributed by atoms with Crippen LogP contribution in [-0.2, 0) is 4.79 Å². The summed E-state index contributed by atoms with van der Waals surface area (Å²) < 4.78 is 26.5. The van der Waals surface area contributed by atoms with Gasteiger partial charge in [-0.2, -0.15) is 0 Å². The van der Waals surface area contributed by atoms with E-state index in [1.165, 1.54) is 12.8 Å². The topological polar surface area (TPSA) is 32.3 Å². The van der Waals surface area contributed by atoms with Gasteiger partial charge in [-0.3, -0.25) is 4.79 Å². The second-order valence-corrected chi connectivity index (χ2v) is 6.98. The summed E-state index contributed by atoms with van der Waals surface area (Å²) in [6.45, 7) is 2.90. The van der Waals surface area contributed by atoms with Crippen molar-refractivity contribution in [3.63, 3.8) is 0 Å². The zero-order chi connectivity index (χ0) is 14.9. The number of amides is 1. The Morgan fingerprint density at radius 3 is 2.52 bits per heavy atom. The van der Waals surface area contributed by atoms with Gasteiger partial charge in [-0.05, 0) is 57.5 Å². The normalized spacial score (nSPS) is 34.1. The molecule has 2 aliphatic heterocycles. The zero-order valence-electron chi connectivity index (χ0n) is 12.6. The molecule has 21 heavy (non-hydrogen) atoms. The lowest BCUT2D eigenvalue weighted by molar-refractivity contribution is -0.141. The number of hydrogen-bond donors (Lipinski definition) is 1. The van der Waals surface area contributed by atoms with Gasteiger partial charge < -0.3 is 10.2 Å². The van der Waals surface area contributed by atoms with Crippen LogP contribution in [0, 0.1) is 11.8 Å². The number of carbonyl (C=O) groups excluding carboxylic acids is 1. The van der Waals surface area contributed by atoms with Gasteiger partial charge in [0.2, 0.25) is 11.8 Å². The Kier molecular flexibility index (Phi) is 4.48. The molecule has 2 atom stereocenters. The molecule has 0 spiro atoms. The number of likely N-dealkylation sites (tertiary alicyclic amines) is 1. The summed E-state index contributed by atoms with van der Waals surface area (Å²) in [5.74, 6) is -2.01. The van der Waals surface area contributed by atoms with Gasteiger partial charge in [-0.1, -0.05) is 0 Å². The van der Waals surface area contributed by atoms with Crippen molar-refractivity contribution < 1.29 is 13.6 Å². The maximum absolute atomic E-state index is 13.3. The molecule has 0 bridgehead atoms. The van der Waals surface area contributed by atoms with Crippen molar-refractivity contribution in [2.45, 2.75) is 63.3 Å². The van der Waals surface area contributed by atoms with Gasteiger partial charge in [0.25, 0.3) is 0 Å². The fourth-order valence-electron chi connectivity index (χ4n) is 4.29. The highest BCUT2D eigenvalue weighted by atomic mass is 19.3. The Balaban J connectivity index is 1.60. The summed E-state index contributed by atoms with van der Waals surface area (Å²) in [4.78, 5) is 14.8. The third kappa shape index (κ3) is 3.38. The second-order valence-electron chi connectivity index (χ2n) is 6.98. The lowest BCUT2D eigenvalue weighted by Gasteiger charge is -2.37. The minimum absolute atomic E-state index is 0.118. The molecule has 2 heterocycles. The number of rotatable bonds is 2. The van der Waals surface area contributed by atoms with Crippen LogP contribution in [0.25, 0.3) is 0 Å². The zero-order valence-corrected chi connectivity index (χ0v) is 12.6. The molecule has 1 aliphatic carbocycles. The van der Waals surface area contributed by atoms with Crippen molar-refractivity contribution in [3.05, 3.63) is 0 Å². The predicted octanol–water partition coefficient (Wildman–Crippen LogP) is 2.80. The first kappa shape index (κ1) is 15.2. The van der Waals surface area contributed by atoms with Gasteiger partial charge >= 0.3 is 0 Å². The highest BCUT2D eigenvalue weighted by Gasteiger charge is 2.42. The Labute approximate surface area is 125 Å². The molecule has 0 aromatic carbocycles. The first-order valence-electron chi connectivity index (χ1n) is 8.46. The lowest BCUT2D eigenvalue weighted by Crippen LogP contribution is -2.48. The fourth-order valence-corrected chi connectivity index (χ4v) is 4.29. The highest BCUT2D eigenvalue weighted by Crippen LogP contribution is 2.38. The molecule has 0 aromatic rings. The molecule has 3 fully saturated rings. The van der Waals surface area contributed by atoms with Crippen molar-refractivity contribution in [1.29, 1.82) is 0 Å². The Hall–Kier alpha value is -0.710. The molecule has 0 aromatic heterocycles. The molecule has 1 N–H and O–H groups in total. The summed E-state index contributed by atoms with van der Waals surface area (Å²) in [6.07, 6.45) is 5.00. The Morgan fingerprint density at radius 1 is 1.10 bits per heavy atom. The molecule has 0 radical (unpaired) electrons. The fraction of sp³-hybridized carbons (Fsp3) is 0.938. The molecule has 3 rings (SSSR count). The quantitative estimate of drug-likeness (QED) is 0.850. The number of piperidine rings is 1. The minimum Gasteiger partial charge on any atom is -0.339 e. The van der Waals surface area contributed by atoms with E-state index < -0.39 is 5.92 Å². The monoisotopic (exact) mass is 300 g/mol. The molecule has 2 unspecified atom stereocenters. The summed E-state index contributed by atoms with van der Waals surface area (Å²) in [7, 11) is 0. The van der Waals surface area contributed by atoms with Gasteiger partial charge in [-0.15, -0.1) is 0 Å². The first-order valence-corrected chi connectivity index (χ1v) is 8.46. The summed E-state index contributed by atoms with van der Waals surface area (Å²) >= 11 is 0. The number of carbonyl (C=O) groups is 1. The molecule has 1 saturated carbocycles. The van der Waals surface area contributed by atoms with E-state index in [0.29, 0.717) is 24.8 Å². The third-order valence-electron chi connectivity index (χ3n) is 5.53. The van der Waals surface area contributed by atoms with Crippen molar-refractivity contribution in [3.8, 4) is 0 Å². The van der Waals surface area contributed by atoms with Crippen LogP contribution in [-0.4, -0.2) is 42.4 Å². The Bertz CT molecular complexity index is 372. The van der Waals surface area contributed by atoms with E-state index in [-0.39, 0.29) is 24.7 Å². The molecule has 5 heteroatoms. The van der Waals surface area contributed by atoms with Crippen molar-refractivity contribution >= 4 is 5.91 Å². The standard InChI is InChI=1S/C16H26F2N2O/c17-16(18)7-5-12(6-8-16)15(21)20-10-2-4-14(20)13-3-1-9-19-11-13/h12-14,19H,1-11H2. The van der Waals surface area contributed by atoms with Crippen LogP contribution >= 0.6 is 0 Å². The van der Waals surface area contributed by atoms with Gasteiger partial charge in [0.05, 0.1) is 0 Å². The van der Waals surface area contributed by atoms with Crippen LogP contribution in [0.1, 0.15) is 51.4 Å². The van der Waals surface area contributed by atoms with E-state index in [4.69, 9.17) is 0 Å². The molecule has 3 aliphatic rings. The average molecular weight is 300 g/mol. The van der Waals surface area contributed by atoms with E-state index >= 15 is 0 Å². The van der Waals surface area contributed by atoms with E-state index in [9.17, 15) is 13.6 Å². The third-order valence-corrected chi connectivity index (χ3v) is 5.53. The minimum atomic E-state index is -2.55. The number of nitrogens with one attached hydrogen (secondary N) is 1. The molecule has 2 saturated heterocycles. The summed E-state index contributed by atoms with van der Waals surface area (Å²) in [5, 5.41) is 3.42. The van der Waals surface area contributed by atoms with Crippen LogP contribution in [0.15, 0.2) is 0 Å². The largest absolute Gasteiger partial charge is 0.339 e. The smallest absolute Gasteiger partial charge is 0.248 e. The second kappa shape index (κ2) is 6.19. The van der Waals surface area contributed by atoms with Gasteiger partial charge in [-0.25, -0.2) is 8.78 Å². The van der Waals surface area contributed by atoms with Crippen LogP contribution in [0.3, 0.4) is 0 Å². The number of hydrogen-bond acceptors (Lipinski definition) is 2. The first-order chi connectivity index (χ1) is 10.1. The van der Waals surface area contributed by atoms with Crippen LogP contribution in [0.4, 0.5) is 8.78 Å². The highest BCUT2D eigenvalue weighted by molar-refractivity contribution is 5.79. The van der Waals surface area contributed by atoms with Gasteiger partial charge in [0, 0.05) is 31.3 Å². The predicted molar refractivity (Wildman–Crippen MR) is 77.2 cm³/mol. The van der Waals surface area contributed by atoms with Gasteiger partial charge in [0.15, 0.2) is 0 Å². The van der Waals surface area contributed by atoms with Crippen LogP contribution < -0.4 is 5.32 Å². The maximum Gasteiger partial charge on any atom is 0.248 e. The van der Waals surface area contributed by atoms with Crippen molar-refractivity contribution in [2.24, 2.45) is 11.8 Å². The maximum atomic E-state index is 13.3. The van der Waals surface area contributed by atoms with E-state index in [1.807, 2.05) is 4.90 Å². The van der Waals surface area contributed by atoms with E-state index in [0.717, 1.165) is 32.5 Å². The summed E-state index contributed by atoms with van der Waals surface area (Å²) in [6, 6.07) is 0.340. The average Bonchev–Trinajstić information content (AvgIpc) is 2.97. The molecule has 1 amide bonds. The molecule has 120 valence electrons. The number of halogens is 2. The van der Waals surface area contributed by atoms with Gasteiger partial charge in [0.1, 0.15) is 0 Å². The number of nitrogens with zero attached hydrogens (tertiary/aromatic N) is 1. The van der Waals surface area contributed by atoms with E-state index in [1.54, 1.807) is 0 Å². The van der Waals surface area contributed by atoms with Crippen LogP contribution in [0.2, 0.25) is 0 Å². The number of alkyl halides is 2. The molecular weight excluding hydrogens is 274 g/mol. The van der Waals surface area contributed by atoms with Crippen molar-refractivity contribution in [1.82, 2.24) is 10.2 Å². The van der Waals surface area contributed by atoms with E-state index in [2.05, 4.69) is 5.32 Å². The Morgan fingerprint density at radius 2 is 1.86 bits per heavy atom. The van der Waals surface area contributed by atoms with Crippen molar-refractivity contribution in [2.75, 3.05) is 19.6 Å². The summed E-state index contributed by atoms with van der Waals surface area (Å²) in [5.41, 5.74) is 0. The van der Waals surface area contributed by atoms with Crippen LogP contribution in [0.5, 0.6) is 0 Å². The lowest BCUT2D eigenvalue weighted by atomic mass is 9.84.